The molecule has 0 saturated carbocycles. The molecule has 1 atom stereocenters. The SMILES string of the molecule is C[C@H]1CC2(CCN(c3nc4cnn(-c5ccc6nnn(C)c6c5)c4nc3CO)CC2)CO1. The van der Waals surface area contributed by atoms with Crippen LogP contribution in [0, 0.1) is 5.41 Å². The summed E-state index contributed by atoms with van der Waals surface area (Å²) in [7, 11) is 1.86. The van der Waals surface area contributed by atoms with Crippen LogP contribution in [0.4, 0.5) is 5.82 Å². The van der Waals surface area contributed by atoms with E-state index in [1.165, 1.54) is 0 Å². The molecule has 2 aliphatic heterocycles. The van der Waals surface area contributed by atoms with Crippen molar-refractivity contribution >= 4 is 28.0 Å². The van der Waals surface area contributed by atoms with Crippen LogP contribution in [-0.4, -0.2) is 65.6 Å². The van der Waals surface area contributed by atoms with Gasteiger partial charge in [0.15, 0.2) is 11.5 Å². The van der Waals surface area contributed by atoms with Crippen molar-refractivity contribution in [3.63, 3.8) is 0 Å². The Morgan fingerprint density at radius 1 is 1.19 bits per heavy atom. The summed E-state index contributed by atoms with van der Waals surface area (Å²) in [6.45, 7) is 4.62. The van der Waals surface area contributed by atoms with Gasteiger partial charge in [-0.15, -0.1) is 5.10 Å². The largest absolute Gasteiger partial charge is 0.390 e. The van der Waals surface area contributed by atoms with Crippen molar-refractivity contribution < 1.29 is 9.84 Å². The zero-order valence-electron chi connectivity index (χ0n) is 18.3. The summed E-state index contributed by atoms with van der Waals surface area (Å²) >= 11 is 0. The van der Waals surface area contributed by atoms with E-state index in [1.807, 2.05) is 25.2 Å². The molecule has 1 aromatic carbocycles. The number of aliphatic hydroxyl groups excluding tert-OH is 1. The first-order valence-electron chi connectivity index (χ1n) is 11.1. The molecule has 1 N–H and O–H groups in total. The van der Waals surface area contributed by atoms with Crippen LogP contribution in [0.25, 0.3) is 27.9 Å². The molecule has 2 saturated heterocycles. The molecule has 0 amide bonds. The van der Waals surface area contributed by atoms with Gasteiger partial charge in [-0.25, -0.2) is 19.3 Å². The highest BCUT2D eigenvalue weighted by Crippen LogP contribution is 2.42. The molecule has 5 heterocycles. The smallest absolute Gasteiger partial charge is 0.182 e. The first-order chi connectivity index (χ1) is 15.5. The first-order valence-corrected chi connectivity index (χ1v) is 11.1. The van der Waals surface area contributed by atoms with E-state index in [1.54, 1.807) is 15.6 Å². The molecule has 1 spiro atoms. The van der Waals surface area contributed by atoms with Gasteiger partial charge in [0, 0.05) is 20.1 Å². The number of benzene rings is 1. The maximum Gasteiger partial charge on any atom is 0.182 e. The predicted molar refractivity (Wildman–Crippen MR) is 119 cm³/mol. The number of anilines is 1. The Kier molecular flexibility index (Phi) is 4.41. The molecule has 0 bridgehead atoms. The van der Waals surface area contributed by atoms with Crippen molar-refractivity contribution in [1.82, 2.24) is 34.7 Å². The number of rotatable bonds is 3. The van der Waals surface area contributed by atoms with Crippen LogP contribution in [0.2, 0.25) is 0 Å². The number of fused-ring (bicyclic) bond motifs is 2. The minimum absolute atomic E-state index is 0.171. The second-order valence-electron chi connectivity index (χ2n) is 9.12. The average molecular weight is 435 g/mol. The number of hydrogen-bond acceptors (Lipinski definition) is 8. The Morgan fingerprint density at radius 2 is 2.03 bits per heavy atom. The Morgan fingerprint density at radius 3 is 2.78 bits per heavy atom. The van der Waals surface area contributed by atoms with Gasteiger partial charge < -0.3 is 14.7 Å². The van der Waals surface area contributed by atoms with Crippen molar-refractivity contribution in [1.29, 1.82) is 0 Å². The molecular weight excluding hydrogens is 408 g/mol. The van der Waals surface area contributed by atoms with E-state index < -0.39 is 0 Å². The summed E-state index contributed by atoms with van der Waals surface area (Å²) in [6, 6.07) is 5.83. The summed E-state index contributed by atoms with van der Waals surface area (Å²) in [5.74, 6) is 0.757. The number of hydrogen-bond donors (Lipinski definition) is 1. The predicted octanol–water partition coefficient (Wildman–Crippen LogP) is 1.98. The molecule has 0 radical (unpaired) electrons. The van der Waals surface area contributed by atoms with E-state index in [0.717, 1.165) is 61.5 Å². The standard InChI is InChI=1S/C22H26N8O2/c1-14-10-22(13-32-14)5-7-29(8-6-22)20-18(12-31)25-21-17(24-20)11-23-30(21)15-3-4-16-19(9-15)28(2)27-26-16/h3-4,9,11,14,31H,5-8,10,12-13H2,1-2H3/t14-/m0/s1. The third-order valence-corrected chi connectivity index (χ3v) is 6.96. The van der Waals surface area contributed by atoms with Gasteiger partial charge >= 0.3 is 0 Å². The lowest BCUT2D eigenvalue weighted by molar-refractivity contribution is 0.0975. The van der Waals surface area contributed by atoms with Gasteiger partial charge in [-0.1, -0.05) is 5.21 Å². The fourth-order valence-electron chi connectivity index (χ4n) is 5.16. The normalized spacial score (nSPS) is 20.7. The summed E-state index contributed by atoms with van der Waals surface area (Å²) in [5, 5.41) is 22.8. The highest BCUT2D eigenvalue weighted by Gasteiger charge is 2.41. The van der Waals surface area contributed by atoms with Gasteiger partial charge in [0.2, 0.25) is 0 Å². The van der Waals surface area contributed by atoms with E-state index in [2.05, 4.69) is 27.2 Å². The third kappa shape index (κ3) is 3.05. The third-order valence-electron chi connectivity index (χ3n) is 6.96. The minimum atomic E-state index is -0.171. The number of aromatic nitrogens is 7. The highest BCUT2D eigenvalue weighted by atomic mass is 16.5. The first kappa shape index (κ1) is 19.6. The molecule has 166 valence electrons. The maximum atomic E-state index is 10.1. The van der Waals surface area contributed by atoms with Gasteiger partial charge in [-0.05, 0) is 49.8 Å². The monoisotopic (exact) mass is 434 g/mol. The van der Waals surface area contributed by atoms with Gasteiger partial charge in [-0.3, -0.25) is 0 Å². The van der Waals surface area contributed by atoms with Gasteiger partial charge in [0.05, 0.1) is 36.7 Å². The quantitative estimate of drug-likeness (QED) is 0.522. The summed E-state index contributed by atoms with van der Waals surface area (Å²) in [4.78, 5) is 11.9. The summed E-state index contributed by atoms with van der Waals surface area (Å²) < 4.78 is 9.34. The summed E-state index contributed by atoms with van der Waals surface area (Å²) in [5.41, 5.74) is 4.77. The number of piperidine rings is 1. The van der Waals surface area contributed by atoms with Crippen molar-refractivity contribution in [2.45, 2.75) is 38.9 Å². The van der Waals surface area contributed by atoms with Crippen LogP contribution in [0.15, 0.2) is 24.4 Å². The minimum Gasteiger partial charge on any atom is -0.390 e. The van der Waals surface area contributed by atoms with Crippen molar-refractivity contribution in [3.05, 3.63) is 30.1 Å². The lowest BCUT2D eigenvalue weighted by atomic mass is 9.77. The van der Waals surface area contributed by atoms with Crippen LogP contribution >= 0.6 is 0 Å². The van der Waals surface area contributed by atoms with Crippen molar-refractivity contribution in [3.8, 4) is 5.69 Å². The van der Waals surface area contributed by atoms with E-state index in [-0.39, 0.29) is 12.0 Å². The van der Waals surface area contributed by atoms with E-state index in [4.69, 9.17) is 14.7 Å². The molecule has 10 heteroatoms. The van der Waals surface area contributed by atoms with Crippen LogP contribution in [0.5, 0.6) is 0 Å². The van der Waals surface area contributed by atoms with Crippen molar-refractivity contribution in [2.75, 3.05) is 24.6 Å². The van der Waals surface area contributed by atoms with Gasteiger partial charge in [0.25, 0.3) is 0 Å². The molecule has 0 unspecified atom stereocenters. The van der Waals surface area contributed by atoms with E-state index >= 15 is 0 Å². The lowest BCUT2D eigenvalue weighted by Crippen LogP contribution is -2.41. The average Bonchev–Trinajstić information content (AvgIpc) is 3.50. The molecule has 2 fully saturated rings. The Hall–Kier alpha value is -3.11. The molecule has 10 nitrogen and oxygen atoms in total. The lowest BCUT2D eigenvalue weighted by Gasteiger charge is -2.39. The number of nitrogens with zero attached hydrogens (tertiary/aromatic N) is 8. The molecule has 3 aromatic heterocycles. The zero-order valence-corrected chi connectivity index (χ0v) is 18.3. The van der Waals surface area contributed by atoms with E-state index in [9.17, 15) is 5.11 Å². The fraction of sp³-hybridized carbons (Fsp3) is 0.500. The maximum absolute atomic E-state index is 10.1. The van der Waals surface area contributed by atoms with Crippen LogP contribution in [0.1, 0.15) is 31.9 Å². The molecule has 4 aromatic rings. The van der Waals surface area contributed by atoms with Crippen LogP contribution in [-0.2, 0) is 18.4 Å². The molecule has 2 aliphatic rings. The zero-order chi connectivity index (χ0) is 21.9. The second-order valence-corrected chi connectivity index (χ2v) is 9.12. The number of aliphatic hydroxyl groups is 1. The van der Waals surface area contributed by atoms with Gasteiger partial charge in [-0.2, -0.15) is 5.10 Å². The fourth-order valence-corrected chi connectivity index (χ4v) is 5.16. The Labute approximate surface area is 184 Å². The van der Waals surface area contributed by atoms with Gasteiger partial charge in [0.1, 0.15) is 16.7 Å². The topological polar surface area (TPSA) is 107 Å². The second kappa shape index (κ2) is 7.21. The number of aryl methyl sites for hydroxylation is 1. The number of ether oxygens (including phenoxy) is 1. The van der Waals surface area contributed by atoms with E-state index in [0.29, 0.717) is 23.0 Å². The molecule has 32 heavy (non-hydrogen) atoms. The van der Waals surface area contributed by atoms with Crippen LogP contribution < -0.4 is 4.90 Å². The Bertz CT molecular complexity index is 1300. The Balaban J connectivity index is 1.34. The summed E-state index contributed by atoms with van der Waals surface area (Å²) in [6.07, 6.45) is 5.34. The molecule has 6 rings (SSSR count). The molecular formula is C22H26N8O2. The van der Waals surface area contributed by atoms with Crippen LogP contribution in [0.3, 0.4) is 0 Å². The van der Waals surface area contributed by atoms with Crippen molar-refractivity contribution in [2.24, 2.45) is 12.5 Å². The molecule has 0 aliphatic carbocycles. The highest BCUT2D eigenvalue weighted by molar-refractivity contribution is 5.79.